The van der Waals surface area contributed by atoms with E-state index in [2.05, 4.69) is 15.3 Å². The van der Waals surface area contributed by atoms with Gasteiger partial charge in [-0.2, -0.15) is 0 Å². The first-order valence-electron chi connectivity index (χ1n) is 6.74. The summed E-state index contributed by atoms with van der Waals surface area (Å²) < 4.78 is 0. The SMILES string of the molecule is CC(NC1CC(=O)N(C)C1=O)c1ccc2[nH]c(=O)[nH]c2c1. The zero-order valence-corrected chi connectivity index (χ0v) is 11.8. The maximum absolute atomic E-state index is 11.9. The topological polar surface area (TPSA) is 98.1 Å². The maximum Gasteiger partial charge on any atom is 0.323 e. The third-order valence-electron chi connectivity index (χ3n) is 3.87. The molecular formula is C14H16N4O3. The number of likely N-dealkylation sites (N-methyl/N-ethyl adjacent to an activating group) is 1. The van der Waals surface area contributed by atoms with Crippen molar-refractivity contribution in [2.45, 2.75) is 25.4 Å². The van der Waals surface area contributed by atoms with Crippen LogP contribution in [0.25, 0.3) is 11.0 Å². The predicted octanol–water partition coefficient (Wildman–Crippen LogP) is 0.264. The van der Waals surface area contributed by atoms with Gasteiger partial charge in [-0.15, -0.1) is 0 Å². The quantitative estimate of drug-likeness (QED) is 0.706. The fraction of sp³-hybridized carbons (Fsp3) is 0.357. The van der Waals surface area contributed by atoms with Crippen LogP contribution < -0.4 is 11.0 Å². The summed E-state index contributed by atoms with van der Waals surface area (Å²) in [4.78, 5) is 41.2. The van der Waals surface area contributed by atoms with Crippen molar-refractivity contribution in [2.75, 3.05) is 7.05 Å². The number of rotatable bonds is 3. The monoisotopic (exact) mass is 288 g/mol. The number of carbonyl (C=O) groups excluding carboxylic acids is 2. The van der Waals surface area contributed by atoms with E-state index in [1.54, 1.807) is 0 Å². The Labute approximate surface area is 120 Å². The van der Waals surface area contributed by atoms with Gasteiger partial charge >= 0.3 is 5.69 Å². The summed E-state index contributed by atoms with van der Waals surface area (Å²) in [6.45, 7) is 1.92. The largest absolute Gasteiger partial charge is 0.323 e. The second-order valence-corrected chi connectivity index (χ2v) is 5.32. The summed E-state index contributed by atoms with van der Waals surface area (Å²) in [6, 6.07) is 4.96. The van der Waals surface area contributed by atoms with E-state index in [-0.39, 0.29) is 30.0 Å². The van der Waals surface area contributed by atoms with E-state index in [1.165, 1.54) is 7.05 Å². The number of nitrogens with one attached hydrogen (secondary N) is 3. The molecule has 0 spiro atoms. The van der Waals surface area contributed by atoms with Gasteiger partial charge in [0.2, 0.25) is 11.8 Å². The smallest absolute Gasteiger partial charge is 0.306 e. The summed E-state index contributed by atoms with van der Waals surface area (Å²) in [5.41, 5.74) is 2.15. The number of amides is 2. The summed E-state index contributed by atoms with van der Waals surface area (Å²) in [7, 11) is 1.49. The molecule has 2 aromatic rings. The molecule has 1 aliphatic rings. The van der Waals surface area contributed by atoms with Crippen LogP contribution in [0.5, 0.6) is 0 Å². The van der Waals surface area contributed by atoms with E-state index in [0.29, 0.717) is 0 Å². The molecule has 1 fully saturated rings. The minimum absolute atomic E-state index is 0.110. The molecule has 110 valence electrons. The molecule has 0 aliphatic carbocycles. The Morgan fingerprint density at radius 2 is 1.95 bits per heavy atom. The summed E-state index contributed by atoms with van der Waals surface area (Å²) in [5, 5.41) is 3.16. The Morgan fingerprint density at radius 1 is 1.24 bits per heavy atom. The third kappa shape index (κ3) is 2.36. The Balaban J connectivity index is 1.80. The lowest BCUT2D eigenvalue weighted by Crippen LogP contribution is -2.38. The highest BCUT2D eigenvalue weighted by Crippen LogP contribution is 2.20. The lowest BCUT2D eigenvalue weighted by molar-refractivity contribution is -0.137. The second-order valence-electron chi connectivity index (χ2n) is 5.32. The fourth-order valence-corrected chi connectivity index (χ4v) is 2.60. The van der Waals surface area contributed by atoms with Crippen molar-refractivity contribution >= 4 is 22.8 Å². The number of carbonyl (C=O) groups is 2. The number of benzene rings is 1. The van der Waals surface area contributed by atoms with E-state index in [0.717, 1.165) is 21.5 Å². The lowest BCUT2D eigenvalue weighted by atomic mass is 10.1. The van der Waals surface area contributed by atoms with E-state index >= 15 is 0 Å². The first-order valence-corrected chi connectivity index (χ1v) is 6.74. The molecule has 1 aromatic carbocycles. The van der Waals surface area contributed by atoms with Gasteiger partial charge in [0.15, 0.2) is 0 Å². The van der Waals surface area contributed by atoms with Crippen LogP contribution in [0.4, 0.5) is 0 Å². The van der Waals surface area contributed by atoms with Gasteiger partial charge in [0, 0.05) is 13.1 Å². The Kier molecular flexibility index (Phi) is 3.13. The summed E-state index contributed by atoms with van der Waals surface area (Å²) in [6.07, 6.45) is 0.183. The molecule has 7 heteroatoms. The number of fused-ring (bicyclic) bond motifs is 1. The molecule has 7 nitrogen and oxygen atoms in total. The highest BCUT2D eigenvalue weighted by atomic mass is 16.2. The van der Waals surface area contributed by atoms with Gasteiger partial charge in [0.25, 0.3) is 0 Å². The minimum atomic E-state index is -0.488. The molecule has 3 N–H and O–H groups in total. The number of nitrogens with zero attached hydrogens (tertiary/aromatic N) is 1. The number of imide groups is 1. The molecule has 0 saturated carbocycles. The number of hydrogen-bond donors (Lipinski definition) is 3. The Hall–Kier alpha value is -2.41. The number of H-pyrrole nitrogens is 2. The summed E-state index contributed by atoms with van der Waals surface area (Å²) >= 11 is 0. The normalized spacial score (nSPS) is 20.5. The van der Waals surface area contributed by atoms with E-state index in [1.807, 2.05) is 25.1 Å². The van der Waals surface area contributed by atoms with Gasteiger partial charge in [-0.3, -0.25) is 19.8 Å². The van der Waals surface area contributed by atoms with Crippen LogP contribution >= 0.6 is 0 Å². The molecule has 1 aromatic heterocycles. The molecule has 1 saturated heterocycles. The van der Waals surface area contributed by atoms with Gasteiger partial charge in [-0.1, -0.05) is 6.07 Å². The van der Waals surface area contributed by atoms with Crippen LogP contribution in [0.15, 0.2) is 23.0 Å². The highest BCUT2D eigenvalue weighted by Gasteiger charge is 2.36. The number of imidazole rings is 1. The fourth-order valence-electron chi connectivity index (χ4n) is 2.60. The predicted molar refractivity (Wildman–Crippen MR) is 76.7 cm³/mol. The zero-order chi connectivity index (χ0) is 15.1. The second kappa shape index (κ2) is 4.85. The van der Waals surface area contributed by atoms with E-state index in [9.17, 15) is 14.4 Å². The van der Waals surface area contributed by atoms with E-state index < -0.39 is 6.04 Å². The molecule has 1 aliphatic heterocycles. The number of likely N-dealkylation sites (tertiary alicyclic amines) is 1. The van der Waals surface area contributed by atoms with Crippen molar-refractivity contribution < 1.29 is 9.59 Å². The van der Waals surface area contributed by atoms with Crippen LogP contribution in [-0.4, -0.2) is 39.8 Å². The molecule has 2 atom stereocenters. The van der Waals surface area contributed by atoms with Crippen molar-refractivity contribution in [3.8, 4) is 0 Å². The van der Waals surface area contributed by atoms with Crippen LogP contribution in [0, 0.1) is 0 Å². The lowest BCUT2D eigenvalue weighted by Gasteiger charge is -2.18. The number of aromatic nitrogens is 2. The van der Waals surface area contributed by atoms with Crippen molar-refractivity contribution in [1.82, 2.24) is 20.2 Å². The summed E-state index contributed by atoms with van der Waals surface area (Å²) in [5.74, 6) is -0.377. The maximum atomic E-state index is 11.9. The van der Waals surface area contributed by atoms with Crippen molar-refractivity contribution in [1.29, 1.82) is 0 Å². The number of hydrogen-bond acceptors (Lipinski definition) is 4. The van der Waals surface area contributed by atoms with Crippen LogP contribution in [0.3, 0.4) is 0 Å². The first kappa shape index (κ1) is 13.6. The minimum Gasteiger partial charge on any atom is -0.306 e. The zero-order valence-electron chi connectivity index (χ0n) is 11.8. The first-order chi connectivity index (χ1) is 9.95. The van der Waals surface area contributed by atoms with Crippen molar-refractivity contribution in [3.63, 3.8) is 0 Å². The molecule has 2 unspecified atom stereocenters. The molecule has 0 bridgehead atoms. The average Bonchev–Trinajstić information content (AvgIpc) is 2.93. The third-order valence-corrected chi connectivity index (χ3v) is 3.87. The average molecular weight is 288 g/mol. The molecule has 3 rings (SSSR count). The van der Waals surface area contributed by atoms with Gasteiger partial charge < -0.3 is 9.97 Å². The molecular weight excluding hydrogens is 272 g/mol. The van der Waals surface area contributed by atoms with E-state index in [4.69, 9.17) is 0 Å². The molecule has 21 heavy (non-hydrogen) atoms. The van der Waals surface area contributed by atoms with Crippen LogP contribution in [0.2, 0.25) is 0 Å². The van der Waals surface area contributed by atoms with Crippen molar-refractivity contribution in [2.24, 2.45) is 0 Å². The van der Waals surface area contributed by atoms with Crippen LogP contribution in [-0.2, 0) is 9.59 Å². The highest BCUT2D eigenvalue weighted by molar-refractivity contribution is 6.05. The molecule has 2 amide bonds. The molecule has 0 radical (unpaired) electrons. The van der Waals surface area contributed by atoms with Crippen molar-refractivity contribution in [3.05, 3.63) is 34.2 Å². The van der Waals surface area contributed by atoms with Gasteiger partial charge in [-0.05, 0) is 24.6 Å². The van der Waals surface area contributed by atoms with Crippen LogP contribution in [0.1, 0.15) is 24.9 Å². The molecule has 2 heterocycles. The Bertz CT molecular complexity index is 776. The standard InChI is InChI=1S/C14H16N4O3/c1-7(15-11-6-12(19)18(2)13(11)20)8-3-4-9-10(5-8)17-14(21)16-9/h3-5,7,11,15H,6H2,1-2H3,(H2,16,17,21). The van der Waals surface area contributed by atoms with Gasteiger partial charge in [-0.25, -0.2) is 4.79 Å². The number of aromatic amines is 2. The Morgan fingerprint density at radius 3 is 2.62 bits per heavy atom. The van der Waals surface area contributed by atoms with Gasteiger partial charge in [0.05, 0.1) is 23.5 Å². The van der Waals surface area contributed by atoms with Gasteiger partial charge in [0.1, 0.15) is 0 Å².